The van der Waals surface area contributed by atoms with Crippen LogP contribution in [0.1, 0.15) is 37.1 Å². The van der Waals surface area contributed by atoms with Gasteiger partial charge >= 0.3 is 0 Å². The van der Waals surface area contributed by atoms with E-state index < -0.39 is 0 Å². The minimum Gasteiger partial charge on any atom is -0.304 e. The maximum Gasteiger partial charge on any atom is 0.0298 e. The third kappa shape index (κ3) is 3.40. The topological polar surface area (TPSA) is 24.9 Å². The molecule has 2 nitrogen and oxygen atoms in total. The van der Waals surface area contributed by atoms with Crippen LogP contribution in [0.4, 0.5) is 0 Å². The first kappa shape index (κ1) is 13.2. The molecule has 1 aromatic heterocycles. The maximum atomic E-state index is 4.04. The van der Waals surface area contributed by atoms with Crippen molar-refractivity contribution in [2.45, 2.75) is 25.9 Å². The van der Waals surface area contributed by atoms with Crippen LogP contribution in [0.25, 0.3) is 0 Å². The summed E-state index contributed by atoms with van der Waals surface area (Å²) in [5, 5.41) is 3.59. The van der Waals surface area contributed by atoms with Gasteiger partial charge in [0.2, 0.25) is 0 Å². The summed E-state index contributed by atoms with van der Waals surface area (Å²) < 4.78 is 1.11. The molecule has 0 fully saturated rings. The summed E-state index contributed by atoms with van der Waals surface area (Å²) >= 11 is 3.45. The number of rotatable bonds is 4. The van der Waals surface area contributed by atoms with Crippen molar-refractivity contribution < 1.29 is 0 Å². The molecule has 1 heterocycles. The smallest absolute Gasteiger partial charge is 0.0298 e. The monoisotopic (exact) mass is 304 g/mol. The van der Waals surface area contributed by atoms with E-state index in [-0.39, 0.29) is 0 Å². The standard InChI is InChI=1S/C15H17BrN2/c1-11(13-3-5-15(16)6-4-13)18-12(2)14-7-9-17-10-8-14/h3-12,18H,1-2H3. The van der Waals surface area contributed by atoms with Crippen LogP contribution in [0.5, 0.6) is 0 Å². The molecule has 94 valence electrons. The number of nitrogens with zero attached hydrogens (tertiary/aromatic N) is 1. The van der Waals surface area contributed by atoms with Gasteiger partial charge in [-0.2, -0.15) is 0 Å². The predicted octanol–water partition coefficient (Wildman–Crippen LogP) is 4.26. The zero-order valence-corrected chi connectivity index (χ0v) is 12.2. The van der Waals surface area contributed by atoms with E-state index in [2.05, 4.69) is 64.3 Å². The quantitative estimate of drug-likeness (QED) is 0.913. The van der Waals surface area contributed by atoms with Gasteiger partial charge in [0, 0.05) is 29.0 Å². The molecule has 0 aliphatic heterocycles. The molecule has 0 amide bonds. The predicted molar refractivity (Wildman–Crippen MR) is 78.3 cm³/mol. The summed E-state index contributed by atoms with van der Waals surface area (Å²) in [5.74, 6) is 0. The molecule has 1 N–H and O–H groups in total. The second-order valence-corrected chi connectivity index (χ2v) is 5.36. The van der Waals surface area contributed by atoms with Gasteiger partial charge in [-0.25, -0.2) is 0 Å². The van der Waals surface area contributed by atoms with E-state index in [4.69, 9.17) is 0 Å². The molecule has 0 saturated heterocycles. The van der Waals surface area contributed by atoms with E-state index in [0.29, 0.717) is 12.1 Å². The van der Waals surface area contributed by atoms with Gasteiger partial charge in [0.15, 0.2) is 0 Å². The molecule has 0 saturated carbocycles. The van der Waals surface area contributed by atoms with Crippen molar-refractivity contribution in [3.05, 3.63) is 64.4 Å². The molecule has 0 bridgehead atoms. The van der Waals surface area contributed by atoms with Crippen LogP contribution in [0.15, 0.2) is 53.3 Å². The van der Waals surface area contributed by atoms with Gasteiger partial charge in [0.25, 0.3) is 0 Å². The Balaban J connectivity index is 2.03. The van der Waals surface area contributed by atoms with Crippen molar-refractivity contribution >= 4 is 15.9 Å². The van der Waals surface area contributed by atoms with Crippen LogP contribution in [-0.4, -0.2) is 4.98 Å². The fraction of sp³-hybridized carbons (Fsp3) is 0.267. The molecular weight excluding hydrogens is 288 g/mol. The molecule has 2 aromatic rings. The molecule has 3 heteroatoms. The molecule has 0 spiro atoms. The maximum absolute atomic E-state index is 4.04. The highest BCUT2D eigenvalue weighted by Gasteiger charge is 2.10. The van der Waals surface area contributed by atoms with E-state index in [1.165, 1.54) is 11.1 Å². The minimum atomic E-state index is 0.312. The highest BCUT2D eigenvalue weighted by molar-refractivity contribution is 9.10. The number of pyridine rings is 1. The molecule has 2 rings (SSSR count). The summed E-state index contributed by atoms with van der Waals surface area (Å²) in [6, 6.07) is 13.2. The first-order chi connectivity index (χ1) is 8.66. The van der Waals surface area contributed by atoms with Gasteiger partial charge in [-0.3, -0.25) is 4.98 Å². The van der Waals surface area contributed by atoms with Crippen LogP contribution in [0, 0.1) is 0 Å². The first-order valence-electron chi connectivity index (χ1n) is 6.08. The SMILES string of the molecule is CC(NC(C)c1ccc(Br)cc1)c1ccncc1. The number of benzene rings is 1. The molecule has 1 aromatic carbocycles. The van der Waals surface area contributed by atoms with Crippen LogP contribution in [0.3, 0.4) is 0 Å². The Morgan fingerprint density at radius 1 is 0.889 bits per heavy atom. The second kappa shape index (κ2) is 6.12. The summed E-state index contributed by atoms with van der Waals surface area (Å²) in [5.41, 5.74) is 2.55. The van der Waals surface area contributed by atoms with Crippen molar-refractivity contribution in [3.63, 3.8) is 0 Å². The first-order valence-corrected chi connectivity index (χ1v) is 6.87. The molecule has 2 atom stereocenters. The molecule has 0 aliphatic carbocycles. The molecule has 0 radical (unpaired) electrons. The lowest BCUT2D eigenvalue weighted by molar-refractivity contribution is 0.494. The molecule has 18 heavy (non-hydrogen) atoms. The number of hydrogen-bond donors (Lipinski definition) is 1. The van der Waals surface area contributed by atoms with E-state index in [1.54, 1.807) is 0 Å². The Kier molecular flexibility index (Phi) is 4.50. The average Bonchev–Trinajstić information content (AvgIpc) is 2.40. The Morgan fingerprint density at radius 2 is 1.39 bits per heavy atom. The summed E-state index contributed by atoms with van der Waals surface area (Å²) in [6.45, 7) is 4.35. The lowest BCUT2D eigenvalue weighted by atomic mass is 10.1. The molecular formula is C15H17BrN2. The normalized spacial score (nSPS) is 14.2. The number of nitrogens with one attached hydrogen (secondary N) is 1. The summed E-state index contributed by atoms with van der Waals surface area (Å²) in [6.07, 6.45) is 3.66. The zero-order valence-electron chi connectivity index (χ0n) is 10.6. The van der Waals surface area contributed by atoms with Crippen molar-refractivity contribution in [2.24, 2.45) is 0 Å². The average molecular weight is 305 g/mol. The minimum absolute atomic E-state index is 0.312. The van der Waals surface area contributed by atoms with Crippen molar-refractivity contribution in [1.29, 1.82) is 0 Å². The Bertz CT molecular complexity index is 482. The lowest BCUT2D eigenvalue weighted by Crippen LogP contribution is -2.22. The van der Waals surface area contributed by atoms with E-state index in [9.17, 15) is 0 Å². The summed E-state index contributed by atoms with van der Waals surface area (Å²) in [7, 11) is 0. The fourth-order valence-corrected chi connectivity index (χ4v) is 2.24. The Hall–Kier alpha value is -1.19. The van der Waals surface area contributed by atoms with Crippen LogP contribution in [0.2, 0.25) is 0 Å². The number of halogens is 1. The van der Waals surface area contributed by atoms with Crippen molar-refractivity contribution in [2.75, 3.05) is 0 Å². The largest absolute Gasteiger partial charge is 0.304 e. The van der Waals surface area contributed by atoms with E-state index >= 15 is 0 Å². The van der Waals surface area contributed by atoms with Gasteiger partial charge in [0.1, 0.15) is 0 Å². The molecule has 0 aliphatic rings. The lowest BCUT2D eigenvalue weighted by Gasteiger charge is -2.20. The third-order valence-electron chi connectivity index (χ3n) is 3.08. The van der Waals surface area contributed by atoms with E-state index in [0.717, 1.165) is 4.47 Å². The van der Waals surface area contributed by atoms with Crippen LogP contribution in [-0.2, 0) is 0 Å². The Labute approximate surface area is 117 Å². The summed E-state index contributed by atoms with van der Waals surface area (Å²) in [4.78, 5) is 4.04. The van der Waals surface area contributed by atoms with Crippen LogP contribution >= 0.6 is 15.9 Å². The number of hydrogen-bond acceptors (Lipinski definition) is 2. The zero-order chi connectivity index (χ0) is 13.0. The van der Waals surface area contributed by atoms with Gasteiger partial charge in [-0.05, 0) is 49.2 Å². The van der Waals surface area contributed by atoms with Crippen molar-refractivity contribution in [1.82, 2.24) is 10.3 Å². The van der Waals surface area contributed by atoms with Gasteiger partial charge in [0.05, 0.1) is 0 Å². The van der Waals surface area contributed by atoms with Gasteiger partial charge in [-0.1, -0.05) is 28.1 Å². The second-order valence-electron chi connectivity index (χ2n) is 4.44. The van der Waals surface area contributed by atoms with E-state index in [1.807, 2.05) is 24.5 Å². The van der Waals surface area contributed by atoms with Crippen molar-refractivity contribution in [3.8, 4) is 0 Å². The fourth-order valence-electron chi connectivity index (χ4n) is 1.97. The highest BCUT2D eigenvalue weighted by Crippen LogP contribution is 2.20. The van der Waals surface area contributed by atoms with Gasteiger partial charge < -0.3 is 5.32 Å². The van der Waals surface area contributed by atoms with Gasteiger partial charge in [-0.15, -0.1) is 0 Å². The number of aromatic nitrogens is 1. The molecule has 2 unspecified atom stereocenters. The Morgan fingerprint density at radius 3 is 1.94 bits per heavy atom. The highest BCUT2D eigenvalue weighted by atomic mass is 79.9. The third-order valence-corrected chi connectivity index (χ3v) is 3.60. The van der Waals surface area contributed by atoms with Crippen LogP contribution < -0.4 is 5.32 Å².